The molecule has 26 heavy (non-hydrogen) atoms. The average Bonchev–Trinajstić information content (AvgIpc) is 3.19. The Hall–Kier alpha value is -2.84. The fourth-order valence-corrected chi connectivity index (χ4v) is 4.26. The van der Waals surface area contributed by atoms with Gasteiger partial charge in [0.1, 0.15) is 5.58 Å². The first-order chi connectivity index (χ1) is 12.4. The molecule has 0 saturated carbocycles. The van der Waals surface area contributed by atoms with Gasteiger partial charge in [0, 0.05) is 42.8 Å². The van der Waals surface area contributed by atoms with Crippen LogP contribution in [0.3, 0.4) is 0 Å². The Morgan fingerprint density at radius 2 is 1.85 bits per heavy atom. The first-order valence-electron chi connectivity index (χ1n) is 8.08. The van der Waals surface area contributed by atoms with Gasteiger partial charge in [-0.05, 0) is 42.5 Å². The molecule has 1 saturated heterocycles. The predicted octanol–water partition coefficient (Wildman–Crippen LogP) is 2.68. The van der Waals surface area contributed by atoms with Crippen molar-refractivity contribution in [3.8, 4) is 0 Å². The van der Waals surface area contributed by atoms with E-state index in [4.69, 9.17) is 4.42 Å². The van der Waals surface area contributed by atoms with Crippen LogP contribution in [0.4, 0.5) is 11.4 Å². The maximum absolute atomic E-state index is 12.4. The molecule has 2 aromatic carbocycles. The third-order valence-electron chi connectivity index (χ3n) is 4.42. The molecule has 0 bridgehead atoms. The van der Waals surface area contributed by atoms with Crippen LogP contribution in [0.2, 0.25) is 0 Å². The normalized spacial score (nSPS) is 16.9. The van der Waals surface area contributed by atoms with Crippen molar-refractivity contribution in [3.63, 3.8) is 0 Å². The van der Waals surface area contributed by atoms with Gasteiger partial charge in [-0.3, -0.25) is 9.10 Å². The van der Waals surface area contributed by atoms with E-state index in [9.17, 15) is 13.2 Å². The van der Waals surface area contributed by atoms with E-state index >= 15 is 0 Å². The number of likely N-dealkylation sites (N-methyl/N-ethyl adjacent to an activating group) is 1. The van der Waals surface area contributed by atoms with E-state index < -0.39 is 10.2 Å². The van der Waals surface area contributed by atoms with E-state index in [1.165, 1.54) is 8.61 Å². The van der Waals surface area contributed by atoms with Crippen molar-refractivity contribution in [2.24, 2.45) is 0 Å². The molecule has 1 amide bonds. The summed E-state index contributed by atoms with van der Waals surface area (Å²) in [7, 11) is -1.91. The Bertz CT molecular complexity index is 1070. The number of hydrogen-bond donors (Lipinski definition) is 1. The predicted molar refractivity (Wildman–Crippen MR) is 99.5 cm³/mol. The topological polar surface area (TPSA) is 82.9 Å². The van der Waals surface area contributed by atoms with Crippen molar-refractivity contribution in [2.75, 3.05) is 29.8 Å². The summed E-state index contributed by atoms with van der Waals surface area (Å²) in [6, 6.07) is 13.8. The second-order valence-corrected chi connectivity index (χ2v) is 8.04. The Labute approximate surface area is 151 Å². The maximum Gasteiger partial charge on any atom is 0.303 e. The maximum atomic E-state index is 12.4. The largest absolute Gasteiger partial charge is 0.464 e. The molecule has 0 radical (unpaired) electrons. The third kappa shape index (κ3) is 2.83. The summed E-state index contributed by atoms with van der Waals surface area (Å²) in [6.45, 7) is 0.841. The molecule has 0 unspecified atom stereocenters. The molecule has 1 N–H and O–H groups in total. The number of carbonyl (C=O) groups is 1. The number of amides is 1. The van der Waals surface area contributed by atoms with E-state index in [0.717, 1.165) is 5.39 Å². The van der Waals surface area contributed by atoms with Crippen LogP contribution in [-0.4, -0.2) is 38.8 Å². The number of benzene rings is 2. The Morgan fingerprint density at radius 1 is 1.08 bits per heavy atom. The lowest BCUT2D eigenvalue weighted by molar-refractivity contribution is 0.102. The van der Waals surface area contributed by atoms with Gasteiger partial charge in [0.05, 0.1) is 12.0 Å². The fraction of sp³-hybridized carbons (Fsp3) is 0.167. The first kappa shape index (κ1) is 16.6. The molecular formula is C18H17N3O4S. The molecule has 8 heteroatoms. The highest BCUT2D eigenvalue weighted by Gasteiger charge is 2.33. The first-order valence-corrected chi connectivity index (χ1v) is 9.47. The molecule has 1 aliphatic heterocycles. The molecule has 0 aliphatic carbocycles. The molecule has 1 aliphatic rings. The van der Waals surface area contributed by atoms with E-state index in [-0.39, 0.29) is 5.91 Å². The van der Waals surface area contributed by atoms with Gasteiger partial charge in [-0.15, -0.1) is 0 Å². The number of carbonyl (C=O) groups excluding carboxylic acids is 1. The van der Waals surface area contributed by atoms with Gasteiger partial charge in [-0.25, -0.2) is 0 Å². The SMILES string of the molecule is CN1CCN(c2ccc(C(=O)Nc3ccc4ccoc4c3)cc2)S1(=O)=O. The molecule has 134 valence electrons. The highest BCUT2D eigenvalue weighted by molar-refractivity contribution is 7.90. The number of nitrogens with one attached hydrogen (secondary N) is 1. The summed E-state index contributed by atoms with van der Waals surface area (Å²) >= 11 is 0. The van der Waals surface area contributed by atoms with Crippen LogP contribution in [0.5, 0.6) is 0 Å². The van der Waals surface area contributed by atoms with E-state index in [1.807, 2.05) is 12.1 Å². The van der Waals surface area contributed by atoms with E-state index in [2.05, 4.69) is 5.32 Å². The summed E-state index contributed by atoms with van der Waals surface area (Å²) in [5.41, 5.74) is 2.31. The highest BCUT2D eigenvalue weighted by Crippen LogP contribution is 2.25. The van der Waals surface area contributed by atoms with Gasteiger partial charge in [0.15, 0.2) is 0 Å². The van der Waals surface area contributed by atoms with E-state index in [0.29, 0.717) is 35.6 Å². The van der Waals surface area contributed by atoms with Crippen LogP contribution in [0.15, 0.2) is 59.2 Å². The van der Waals surface area contributed by atoms with Crippen LogP contribution in [0.25, 0.3) is 11.0 Å². The molecule has 1 fully saturated rings. The molecule has 0 spiro atoms. The van der Waals surface area contributed by atoms with Gasteiger partial charge in [0.2, 0.25) is 0 Å². The standard InChI is InChI=1S/C18H17N3O4S/c1-20-9-10-21(26(20,23)24)16-6-3-14(4-7-16)18(22)19-15-5-2-13-8-11-25-17(13)12-15/h2-8,11-12H,9-10H2,1H3,(H,19,22). The summed E-state index contributed by atoms with van der Waals surface area (Å²) in [5, 5.41) is 3.78. The van der Waals surface area contributed by atoms with E-state index in [1.54, 1.807) is 49.7 Å². The van der Waals surface area contributed by atoms with Crippen molar-refractivity contribution >= 4 is 38.5 Å². The van der Waals surface area contributed by atoms with Gasteiger partial charge >= 0.3 is 10.2 Å². The zero-order chi connectivity index (χ0) is 18.3. The van der Waals surface area contributed by atoms with Crippen LogP contribution >= 0.6 is 0 Å². The van der Waals surface area contributed by atoms with Crippen molar-refractivity contribution in [3.05, 3.63) is 60.4 Å². The van der Waals surface area contributed by atoms with Gasteiger partial charge in [0.25, 0.3) is 5.91 Å². The highest BCUT2D eigenvalue weighted by atomic mass is 32.2. The van der Waals surface area contributed by atoms with Crippen molar-refractivity contribution < 1.29 is 17.6 Å². The average molecular weight is 371 g/mol. The molecule has 4 rings (SSSR count). The fourth-order valence-electron chi connectivity index (χ4n) is 2.91. The zero-order valence-electron chi connectivity index (χ0n) is 14.0. The second-order valence-electron chi connectivity index (χ2n) is 6.08. The lowest BCUT2D eigenvalue weighted by Gasteiger charge is -2.18. The Morgan fingerprint density at radius 3 is 2.54 bits per heavy atom. The third-order valence-corrected chi connectivity index (χ3v) is 6.34. The van der Waals surface area contributed by atoms with Gasteiger partial charge in [-0.1, -0.05) is 0 Å². The van der Waals surface area contributed by atoms with Crippen LogP contribution in [0, 0.1) is 0 Å². The molecular weight excluding hydrogens is 354 g/mol. The Kier molecular flexibility index (Phi) is 3.93. The smallest absolute Gasteiger partial charge is 0.303 e. The van der Waals surface area contributed by atoms with Gasteiger partial charge < -0.3 is 9.73 Å². The summed E-state index contributed by atoms with van der Waals surface area (Å²) < 4.78 is 32.4. The lowest BCUT2D eigenvalue weighted by atomic mass is 10.2. The number of hydrogen-bond acceptors (Lipinski definition) is 4. The number of anilines is 2. The van der Waals surface area contributed by atoms with Gasteiger partial charge in [-0.2, -0.15) is 12.7 Å². The minimum Gasteiger partial charge on any atom is -0.464 e. The van der Waals surface area contributed by atoms with Crippen molar-refractivity contribution in [2.45, 2.75) is 0 Å². The second kappa shape index (κ2) is 6.15. The van der Waals surface area contributed by atoms with Crippen molar-refractivity contribution in [1.82, 2.24) is 4.31 Å². The quantitative estimate of drug-likeness (QED) is 0.767. The summed E-state index contributed by atoms with van der Waals surface area (Å²) in [5.74, 6) is -0.274. The van der Waals surface area contributed by atoms with Crippen LogP contribution < -0.4 is 9.62 Å². The van der Waals surface area contributed by atoms with Crippen LogP contribution in [0.1, 0.15) is 10.4 Å². The minimum atomic E-state index is -3.46. The molecule has 0 atom stereocenters. The number of fused-ring (bicyclic) bond motifs is 1. The lowest BCUT2D eigenvalue weighted by Crippen LogP contribution is -2.30. The molecule has 1 aromatic heterocycles. The molecule has 2 heterocycles. The molecule has 7 nitrogen and oxygen atoms in total. The minimum absolute atomic E-state index is 0.274. The monoisotopic (exact) mass is 371 g/mol. The van der Waals surface area contributed by atoms with Crippen LogP contribution in [-0.2, 0) is 10.2 Å². The number of nitrogens with zero attached hydrogens (tertiary/aromatic N) is 2. The summed E-state index contributed by atoms with van der Waals surface area (Å²) in [6.07, 6.45) is 1.60. The van der Waals surface area contributed by atoms with Crippen molar-refractivity contribution in [1.29, 1.82) is 0 Å². The zero-order valence-corrected chi connectivity index (χ0v) is 14.9. The Balaban J connectivity index is 1.52. The molecule has 3 aromatic rings. The number of rotatable bonds is 3. The summed E-state index contributed by atoms with van der Waals surface area (Å²) in [4.78, 5) is 12.4. The number of furan rings is 1.